The third-order valence-corrected chi connectivity index (χ3v) is 4.27. The Kier molecular flexibility index (Phi) is 5.85. The Hall–Kier alpha value is -2.22. The van der Waals surface area contributed by atoms with Crippen LogP contribution in [0.4, 0.5) is 15.0 Å². The van der Waals surface area contributed by atoms with Gasteiger partial charge in [0.15, 0.2) is 11.6 Å². The maximum Gasteiger partial charge on any atom is 0.410 e. The van der Waals surface area contributed by atoms with Crippen molar-refractivity contribution in [2.45, 2.75) is 45.8 Å². The van der Waals surface area contributed by atoms with Crippen molar-refractivity contribution in [3.8, 4) is 0 Å². The molecule has 1 N–H and O–H groups in total. The Bertz CT molecular complexity index is 665. The maximum absolute atomic E-state index is 13.7. The van der Waals surface area contributed by atoms with E-state index in [4.69, 9.17) is 4.74 Å². The van der Waals surface area contributed by atoms with Crippen LogP contribution >= 0.6 is 0 Å². The standard InChI is InChI=1S/C18H27FN4O3/c1-17(2,3)26-16(25)22-9-11-23(12-10-22)18(4,5)15(24)21-14-13(19)7-6-8-20-14/h6-8H,9-12H2,1-5H3,(H,20,21,24). The third kappa shape index (κ3) is 4.91. The molecule has 1 saturated heterocycles. The van der Waals surface area contributed by atoms with Gasteiger partial charge in [0.2, 0.25) is 5.91 Å². The average Bonchev–Trinajstić information content (AvgIpc) is 2.55. The Labute approximate surface area is 153 Å². The molecule has 0 aliphatic carbocycles. The number of pyridine rings is 1. The van der Waals surface area contributed by atoms with Crippen LogP contribution < -0.4 is 5.32 Å². The minimum Gasteiger partial charge on any atom is -0.444 e. The number of nitrogens with one attached hydrogen (secondary N) is 1. The van der Waals surface area contributed by atoms with E-state index in [2.05, 4.69) is 10.3 Å². The lowest BCUT2D eigenvalue weighted by molar-refractivity contribution is -0.127. The van der Waals surface area contributed by atoms with Gasteiger partial charge < -0.3 is 15.0 Å². The lowest BCUT2D eigenvalue weighted by Gasteiger charge is -2.42. The number of carbonyl (C=O) groups is 2. The fraction of sp³-hybridized carbons (Fsp3) is 0.611. The molecule has 0 unspecified atom stereocenters. The van der Waals surface area contributed by atoms with Gasteiger partial charge in [0.25, 0.3) is 0 Å². The molecule has 1 aromatic heterocycles. The summed E-state index contributed by atoms with van der Waals surface area (Å²) < 4.78 is 19.1. The largest absolute Gasteiger partial charge is 0.444 e. The van der Waals surface area contributed by atoms with Crippen LogP contribution in [0, 0.1) is 5.82 Å². The minimum atomic E-state index is -0.871. The molecule has 144 valence electrons. The quantitative estimate of drug-likeness (QED) is 0.890. The van der Waals surface area contributed by atoms with Crippen LogP contribution in [0.5, 0.6) is 0 Å². The van der Waals surface area contributed by atoms with Crippen LogP contribution in [0.15, 0.2) is 18.3 Å². The molecular weight excluding hydrogens is 339 g/mol. The lowest BCUT2D eigenvalue weighted by atomic mass is 10.00. The second-order valence-electron chi connectivity index (χ2n) is 7.80. The molecule has 1 aliphatic heterocycles. The number of piperazine rings is 1. The fourth-order valence-electron chi connectivity index (χ4n) is 2.66. The number of amides is 2. The van der Waals surface area contributed by atoms with E-state index in [1.54, 1.807) is 18.7 Å². The zero-order valence-corrected chi connectivity index (χ0v) is 16.0. The zero-order chi connectivity index (χ0) is 19.5. The number of halogens is 1. The van der Waals surface area contributed by atoms with Crippen LogP contribution in [0.3, 0.4) is 0 Å². The zero-order valence-electron chi connectivity index (χ0n) is 16.0. The Morgan fingerprint density at radius 3 is 2.31 bits per heavy atom. The van der Waals surface area contributed by atoms with E-state index >= 15 is 0 Å². The number of aromatic nitrogens is 1. The summed E-state index contributed by atoms with van der Waals surface area (Å²) in [5.74, 6) is -1.01. The van der Waals surface area contributed by atoms with Gasteiger partial charge in [-0.3, -0.25) is 9.69 Å². The molecule has 2 amide bonds. The smallest absolute Gasteiger partial charge is 0.410 e. The first kappa shape index (κ1) is 20.1. The van der Waals surface area contributed by atoms with Crippen LogP contribution in [-0.2, 0) is 9.53 Å². The first-order valence-corrected chi connectivity index (χ1v) is 8.65. The molecule has 0 atom stereocenters. The molecule has 7 nitrogen and oxygen atoms in total. The van der Waals surface area contributed by atoms with E-state index in [-0.39, 0.29) is 17.8 Å². The van der Waals surface area contributed by atoms with Gasteiger partial charge in [-0.05, 0) is 46.8 Å². The van der Waals surface area contributed by atoms with Crippen molar-refractivity contribution < 1.29 is 18.7 Å². The highest BCUT2D eigenvalue weighted by Crippen LogP contribution is 2.21. The monoisotopic (exact) mass is 366 g/mol. The minimum absolute atomic E-state index is 0.0852. The van der Waals surface area contributed by atoms with E-state index in [0.29, 0.717) is 26.2 Å². The summed E-state index contributed by atoms with van der Waals surface area (Å²) in [6, 6.07) is 2.71. The molecule has 2 heterocycles. The molecule has 1 fully saturated rings. The van der Waals surface area contributed by atoms with Gasteiger partial charge in [-0.25, -0.2) is 14.2 Å². The highest BCUT2D eigenvalue weighted by molar-refractivity contribution is 5.96. The average molecular weight is 366 g/mol. The maximum atomic E-state index is 13.7. The Balaban J connectivity index is 1.95. The summed E-state index contributed by atoms with van der Waals surface area (Å²) in [7, 11) is 0. The molecule has 2 rings (SSSR count). The van der Waals surface area contributed by atoms with E-state index in [1.807, 2.05) is 25.7 Å². The van der Waals surface area contributed by atoms with Crippen molar-refractivity contribution in [3.05, 3.63) is 24.1 Å². The summed E-state index contributed by atoms with van der Waals surface area (Å²) in [4.78, 5) is 32.2. The first-order valence-electron chi connectivity index (χ1n) is 8.65. The SMILES string of the molecule is CC(C)(C)OC(=O)N1CCN(C(C)(C)C(=O)Nc2ncccc2F)CC1. The summed E-state index contributed by atoms with van der Waals surface area (Å²) in [5, 5.41) is 2.54. The van der Waals surface area contributed by atoms with E-state index in [1.165, 1.54) is 18.3 Å². The van der Waals surface area contributed by atoms with Crippen molar-refractivity contribution >= 4 is 17.8 Å². The molecule has 8 heteroatoms. The second kappa shape index (κ2) is 7.57. The molecule has 0 saturated carbocycles. The van der Waals surface area contributed by atoms with E-state index < -0.39 is 17.0 Å². The fourth-order valence-corrected chi connectivity index (χ4v) is 2.66. The number of nitrogens with zero attached hydrogens (tertiary/aromatic N) is 3. The normalized spacial score (nSPS) is 16.3. The first-order chi connectivity index (χ1) is 12.0. The molecule has 0 bridgehead atoms. The molecule has 0 aromatic carbocycles. The molecule has 1 aliphatic rings. The van der Waals surface area contributed by atoms with Crippen LogP contribution in [0.2, 0.25) is 0 Å². The van der Waals surface area contributed by atoms with Gasteiger partial charge in [-0.15, -0.1) is 0 Å². The molecular formula is C18H27FN4O3. The number of hydrogen-bond acceptors (Lipinski definition) is 5. The Morgan fingerprint density at radius 2 is 1.77 bits per heavy atom. The number of anilines is 1. The van der Waals surface area contributed by atoms with Crippen molar-refractivity contribution in [2.75, 3.05) is 31.5 Å². The van der Waals surface area contributed by atoms with Gasteiger partial charge in [0.1, 0.15) is 5.60 Å². The van der Waals surface area contributed by atoms with Crippen molar-refractivity contribution in [1.82, 2.24) is 14.8 Å². The highest BCUT2D eigenvalue weighted by atomic mass is 19.1. The predicted molar refractivity (Wildman–Crippen MR) is 96.3 cm³/mol. The number of rotatable bonds is 3. The van der Waals surface area contributed by atoms with Crippen molar-refractivity contribution in [2.24, 2.45) is 0 Å². The molecule has 1 aromatic rings. The third-order valence-electron chi connectivity index (χ3n) is 4.27. The Morgan fingerprint density at radius 1 is 1.15 bits per heavy atom. The van der Waals surface area contributed by atoms with E-state index in [0.717, 1.165) is 0 Å². The van der Waals surface area contributed by atoms with E-state index in [9.17, 15) is 14.0 Å². The van der Waals surface area contributed by atoms with Crippen molar-refractivity contribution in [3.63, 3.8) is 0 Å². The number of hydrogen-bond donors (Lipinski definition) is 1. The van der Waals surface area contributed by atoms with Crippen molar-refractivity contribution in [1.29, 1.82) is 0 Å². The van der Waals surface area contributed by atoms with Gasteiger partial charge in [0.05, 0.1) is 5.54 Å². The van der Waals surface area contributed by atoms with Crippen LogP contribution in [0.1, 0.15) is 34.6 Å². The highest BCUT2D eigenvalue weighted by Gasteiger charge is 2.38. The van der Waals surface area contributed by atoms with Gasteiger partial charge in [-0.2, -0.15) is 0 Å². The molecule has 0 radical (unpaired) electrons. The molecule has 26 heavy (non-hydrogen) atoms. The number of ether oxygens (including phenoxy) is 1. The van der Waals surface area contributed by atoms with Crippen LogP contribution in [-0.4, -0.2) is 64.1 Å². The van der Waals surface area contributed by atoms with Crippen LogP contribution in [0.25, 0.3) is 0 Å². The summed E-state index contributed by atoms with van der Waals surface area (Å²) in [6.45, 7) is 11.0. The topological polar surface area (TPSA) is 74.8 Å². The second-order valence-corrected chi connectivity index (χ2v) is 7.80. The van der Waals surface area contributed by atoms with Gasteiger partial charge >= 0.3 is 6.09 Å². The summed E-state index contributed by atoms with van der Waals surface area (Å²) in [6.07, 6.45) is 1.07. The number of carbonyl (C=O) groups excluding carboxylic acids is 2. The summed E-state index contributed by atoms with van der Waals surface area (Å²) >= 11 is 0. The lowest BCUT2D eigenvalue weighted by Crippen LogP contribution is -2.60. The summed E-state index contributed by atoms with van der Waals surface area (Å²) in [5.41, 5.74) is -1.41. The van der Waals surface area contributed by atoms with Gasteiger partial charge in [0, 0.05) is 32.4 Å². The molecule has 0 spiro atoms. The predicted octanol–water partition coefficient (Wildman–Crippen LogP) is 2.49. The van der Waals surface area contributed by atoms with Gasteiger partial charge in [-0.1, -0.05) is 0 Å².